The fraction of sp³-hybridized carbons (Fsp3) is 0. The van der Waals surface area contributed by atoms with Crippen LogP contribution in [0.4, 0.5) is 0 Å². The maximum atomic E-state index is 8.58. The summed E-state index contributed by atoms with van der Waals surface area (Å²) in [5, 5.41) is 0. The van der Waals surface area contributed by atoms with Gasteiger partial charge in [-0.25, -0.2) is 0 Å². The van der Waals surface area contributed by atoms with Crippen LogP contribution in [0.2, 0.25) is 0 Å². The van der Waals surface area contributed by atoms with Crippen molar-refractivity contribution < 1.29 is 30.9 Å². The number of carbonyl (C=O) groups is 1. The molecule has 0 aliphatic rings. The average molecular weight is 323 g/mol. The first-order chi connectivity index (χ1) is 4.81. The molecule has 1 amide bonds. The summed E-state index contributed by atoms with van der Waals surface area (Å²) in [6, 6.07) is 10.6. The van der Waals surface area contributed by atoms with E-state index < -0.39 is 0 Å². The molecular formula is C7H8HgNO. The van der Waals surface area contributed by atoms with Crippen molar-refractivity contribution >= 4 is 9.48 Å². The van der Waals surface area contributed by atoms with Crippen LogP contribution in [0.15, 0.2) is 30.3 Å². The molecule has 0 heterocycles. The van der Waals surface area contributed by atoms with Crippen LogP contribution in [0.5, 0.6) is 0 Å². The van der Waals surface area contributed by atoms with Gasteiger partial charge in [-0.1, -0.05) is 0 Å². The molecule has 0 spiro atoms. The Balaban J connectivity index is 0.000000236. The number of hydrogen-bond donors (Lipinski definition) is 1. The van der Waals surface area contributed by atoms with Gasteiger partial charge in [0.1, 0.15) is 0 Å². The number of rotatable bonds is 0. The van der Waals surface area contributed by atoms with Crippen LogP contribution >= 0.6 is 0 Å². The van der Waals surface area contributed by atoms with E-state index in [2.05, 4.69) is 36.1 Å². The standard InChI is InChI=1S/C6H5.CH3NO.Hg/c1-2-4-6-5-3-1;2-1-3;/h1-5H;1H,(H2,2,3);. The van der Waals surface area contributed by atoms with Gasteiger partial charge in [0.2, 0.25) is 6.41 Å². The molecule has 2 N–H and O–H groups in total. The number of hydrogen-bond acceptors (Lipinski definition) is 1. The Morgan fingerprint density at radius 2 is 1.70 bits per heavy atom. The molecule has 0 fully saturated rings. The molecule has 0 aliphatic carbocycles. The molecule has 0 bridgehead atoms. The van der Waals surface area contributed by atoms with Crippen LogP contribution in [-0.4, -0.2) is 6.41 Å². The molecule has 0 aromatic heterocycles. The van der Waals surface area contributed by atoms with Crippen molar-refractivity contribution in [2.45, 2.75) is 0 Å². The van der Waals surface area contributed by atoms with E-state index in [9.17, 15) is 0 Å². The first-order valence-corrected chi connectivity index (χ1v) is 5.58. The summed E-state index contributed by atoms with van der Waals surface area (Å²) >= 11 is 0.810. The van der Waals surface area contributed by atoms with E-state index in [1.807, 2.05) is 0 Å². The van der Waals surface area contributed by atoms with Gasteiger partial charge in [-0.15, -0.1) is 0 Å². The Hall–Kier alpha value is -0.375. The normalized spacial score (nSPS) is 7.40. The Labute approximate surface area is 76.4 Å². The molecule has 1 rings (SSSR count). The molecule has 0 unspecified atom stereocenters. The molecule has 1 aromatic carbocycles. The Morgan fingerprint density at radius 3 is 1.90 bits per heavy atom. The summed E-state index contributed by atoms with van der Waals surface area (Å²) in [6.45, 7) is 0. The maximum absolute atomic E-state index is 8.58. The second kappa shape index (κ2) is 6.74. The molecule has 0 aliphatic heterocycles. The van der Waals surface area contributed by atoms with Gasteiger partial charge >= 0.3 is 59.5 Å². The van der Waals surface area contributed by atoms with E-state index in [1.54, 1.807) is 0 Å². The summed E-state index contributed by atoms with van der Waals surface area (Å²) in [5.74, 6) is 0. The molecule has 0 atom stereocenters. The van der Waals surface area contributed by atoms with E-state index >= 15 is 0 Å². The molecule has 0 saturated carbocycles. The SMILES string of the molecule is NC=O.[Hg][c]1ccccc1. The van der Waals surface area contributed by atoms with Crippen LogP contribution in [0.3, 0.4) is 0 Å². The third kappa shape index (κ3) is 5.76. The molecule has 49 valence electrons. The molecule has 1 aromatic rings. The van der Waals surface area contributed by atoms with E-state index in [-0.39, 0.29) is 6.41 Å². The third-order valence-corrected chi connectivity index (χ3v) is 2.68. The summed E-state index contributed by atoms with van der Waals surface area (Å²) in [6.07, 6.45) is 0.250. The topological polar surface area (TPSA) is 43.1 Å². The van der Waals surface area contributed by atoms with Crippen LogP contribution in [0, 0.1) is 0 Å². The fourth-order valence-corrected chi connectivity index (χ4v) is 1.54. The van der Waals surface area contributed by atoms with Gasteiger partial charge in [0.15, 0.2) is 0 Å². The molecule has 10 heavy (non-hydrogen) atoms. The van der Waals surface area contributed by atoms with Crippen molar-refractivity contribution in [2.24, 2.45) is 5.73 Å². The minimum absolute atomic E-state index is 0.250. The summed E-state index contributed by atoms with van der Waals surface area (Å²) < 4.78 is 1.52. The second-order valence-corrected chi connectivity index (χ2v) is 4.80. The summed E-state index contributed by atoms with van der Waals surface area (Å²) in [5.41, 5.74) is 4.17. The minimum atomic E-state index is 0.250. The Morgan fingerprint density at radius 1 is 1.30 bits per heavy atom. The molecule has 0 saturated heterocycles. The number of benzene rings is 1. The number of amides is 1. The van der Waals surface area contributed by atoms with Crippen LogP contribution in [-0.2, 0) is 30.9 Å². The van der Waals surface area contributed by atoms with Gasteiger partial charge in [-0.2, -0.15) is 0 Å². The van der Waals surface area contributed by atoms with E-state index in [1.165, 1.54) is 3.07 Å². The van der Waals surface area contributed by atoms with Crippen LogP contribution in [0.25, 0.3) is 0 Å². The van der Waals surface area contributed by atoms with Gasteiger partial charge in [0.05, 0.1) is 0 Å². The first-order valence-electron chi connectivity index (χ1n) is 2.83. The Kier molecular flexibility index (Phi) is 6.49. The summed E-state index contributed by atoms with van der Waals surface area (Å²) in [7, 11) is 0. The van der Waals surface area contributed by atoms with E-state index in [4.69, 9.17) is 4.79 Å². The van der Waals surface area contributed by atoms with Gasteiger partial charge < -0.3 is 5.73 Å². The van der Waals surface area contributed by atoms with Crippen molar-refractivity contribution in [1.29, 1.82) is 0 Å². The zero-order valence-corrected chi connectivity index (χ0v) is 11.2. The summed E-state index contributed by atoms with van der Waals surface area (Å²) in [4.78, 5) is 8.58. The van der Waals surface area contributed by atoms with E-state index in [0.717, 1.165) is 26.1 Å². The third-order valence-electron chi connectivity index (χ3n) is 0.843. The van der Waals surface area contributed by atoms with Crippen LogP contribution < -0.4 is 8.81 Å². The Bertz CT molecular complexity index is 176. The van der Waals surface area contributed by atoms with Crippen molar-refractivity contribution in [3.05, 3.63) is 30.3 Å². The fourth-order valence-electron chi connectivity index (χ4n) is 0.478. The van der Waals surface area contributed by atoms with Gasteiger partial charge in [-0.3, -0.25) is 4.79 Å². The quantitative estimate of drug-likeness (QED) is 0.529. The average Bonchev–Trinajstić information content (AvgIpc) is 1.91. The van der Waals surface area contributed by atoms with E-state index in [0.29, 0.717) is 0 Å². The van der Waals surface area contributed by atoms with Gasteiger partial charge in [0, 0.05) is 0 Å². The predicted molar refractivity (Wildman–Crippen MR) is 36.3 cm³/mol. The molecule has 0 radical (unpaired) electrons. The molecular weight excluding hydrogens is 315 g/mol. The van der Waals surface area contributed by atoms with Gasteiger partial charge in [0.25, 0.3) is 0 Å². The van der Waals surface area contributed by atoms with Crippen molar-refractivity contribution in [3.63, 3.8) is 0 Å². The van der Waals surface area contributed by atoms with Crippen molar-refractivity contribution in [2.75, 3.05) is 0 Å². The predicted octanol–water partition coefficient (Wildman–Crippen LogP) is -0.0398. The zero-order chi connectivity index (χ0) is 7.82. The van der Waals surface area contributed by atoms with Crippen molar-refractivity contribution in [3.8, 4) is 0 Å². The molecule has 3 heteroatoms. The van der Waals surface area contributed by atoms with Crippen molar-refractivity contribution in [1.82, 2.24) is 0 Å². The number of primary amides is 1. The van der Waals surface area contributed by atoms with Crippen LogP contribution in [0.1, 0.15) is 0 Å². The molecule has 2 nitrogen and oxygen atoms in total. The monoisotopic (exact) mass is 324 g/mol. The zero-order valence-electron chi connectivity index (χ0n) is 5.66. The number of nitrogens with two attached hydrogens (primary N) is 1. The second-order valence-electron chi connectivity index (χ2n) is 1.62. The van der Waals surface area contributed by atoms with Gasteiger partial charge in [-0.05, 0) is 0 Å². The number of carbonyl (C=O) groups excluding carboxylic acids is 1. The first kappa shape index (κ1) is 9.63.